The monoisotopic (exact) mass is 811 g/mol. The number of hydrogen-bond donors (Lipinski definition) is 3. The molecule has 310 valence electrons. The van der Waals surface area contributed by atoms with E-state index >= 15 is 0 Å². The third-order valence-electron chi connectivity index (χ3n) is 12.2. The average molecular weight is 812 g/mol. The van der Waals surface area contributed by atoms with Crippen LogP contribution in [0.4, 0.5) is 20.3 Å². The summed E-state index contributed by atoms with van der Waals surface area (Å²) < 4.78 is 38.4. The lowest BCUT2D eigenvalue weighted by Gasteiger charge is -2.40. The van der Waals surface area contributed by atoms with Gasteiger partial charge < -0.3 is 15.1 Å². The van der Waals surface area contributed by atoms with Crippen LogP contribution in [0.25, 0.3) is 22.5 Å². The third-order valence-corrected chi connectivity index (χ3v) is 12.2. The van der Waals surface area contributed by atoms with Crippen LogP contribution in [0.5, 0.6) is 0 Å². The number of imidazole rings is 1. The highest BCUT2D eigenvalue weighted by Crippen LogP contribution is 2.33. The number of benzene rings is 1. The van der Waals surface area contributed by atoms with Gasteiger partial charge in [0.25, 0.3) is 12.3 Å². The molecule has 3 N–H and O–H groups in total. The van der Waals surface area contributed by atoms with Crippen molar-refractivity contribution in [3.05, 3.63) is 76.4 Å². The first kappa shape index (κ1) is 38.8. The van der Waals surface area contributed by atoms with Gasteiger partial charge in [-0.15, -0.1) is 0 Å². The van der Waals surface area contributed by atoms with Crippen molar-refractivity contribution >= 4 is 40.3 Å². The van der Waals surface area contributed by atoms with Crippen molar-refractivity contribution in [2.45, 2.75) is 70.0 Å². The highest BCUT2D eigenvalue weighted by atomic mass is 19.3. The molecule has 5 aromatic rings. The summed E-state index contributed by atoms with van der Waals surface area (Å²) in [5.41, 5.74) is 2.31. The van der Waals surface area contributed by atoms with E-state index in [4.69, 9.17) is 4.42 Å². The number of nitrogens with one attached hydrogen (secondary N) is 3. The van der Waals surface area contributed by atoms with Crippen molar-refractivity contribution in [2.75, 3.05) is 49.9 Å². The van der Waals surface area contributed by atoms with Crippen LogP contribution >= 0.6 is 0 Å². The molecule has 9 rings (SSSR count). The summed E-state index contributed by atoms with van der Waals surface area (Å²) in [5, 5.41) is 12.4. The number of imide groups is 1. The number of piperidine rings is 2. The van der Waals surface area contributed by atoms with E-state index < -0.39 is 30.0 Å². The fourth-order valence-corrected chi connectivity index (χ4v) is 8.59. The first-order valence-electron chi connectivity index (χ1n) is 20.4. The number of aromatic nitrogens is 6. The number of oxazole rings is 1. The Hall–Kier alpha value is -5.75. The van der Waals surface area contributed by atoms with Crippen molar-refractivity contribution in [3.63, 3.8) is 0 Å². The minimum Gasteiger partial charge on any atom is -0.444 e. The molecule has 1 atom stereocenters. The lowest BCUT2D eigenvalue weighted by Crippen LogP contribution is -2.48. The number of alkyl halides is 2. The standard InChI is InChI=1S/C41H47F2N11O5/c1-50-36-27(3-2-4-31(36)54(41(50)58)32-7-8-34(55)48-39(32)57)19-51-14-10-24(11-15-51)12-16-52-20-28(21-52)53-22-29(35(49-53)37(42)43)46-38(56)30-23-59-40(47-30)26-9-13-44-33(17-26)45-18-25-5-6-25/h2-4,9,13,17,22-25,28,32,37H,5-8,10-12,14-16,18-21H2,1H3,(H,44,45)(H,46,56)(H,48,55,57). The molecule has 3 saturated heterocycles. The molecule has 3 aliphatic heterocycles. The summed E-state index contributed by atoms with van der Waals surface area (Å²) in [6, 6.07) is 8.53. The predicted octanol–water partition coefficient (Wildman–Crippen LogP) is 4.74. The quantitative estimate of drug-likeness (QED) is 0.132. The topological polar surface area (TPSA) is 177 Å². The number of anilines is 2. The third kappa shape index (κ3) is 8.15. The SMILES string of the molecule is Cn1c(=O)n(C2CCC(=O)NC2=O)c2cccc(CN3CCC(CCN4CC(n5cc(NC(=O)c6coc(-c7ccnc(NCC8CC8)c7)n6)c(C(F)F)n5)C4)CC3)c21. The van der Waals surface area contributed by atoms with Gasteiger partial charge in [0.2, 0.25) is 17.7 Å². The Bertz CT molecular complexity index is 2440. The maximum absolute atomic E-state index is 14.1. The van der Waals surface area contributed by atoms with E-state index in [1.54, 1.807) is 29.9 Å². The largest absolute Gasteiger partial charge is 0.444 e. The second-order valence-electron chi connectivity index (χ2n) is 16.3. The molecule has 1 aromatic carbocycles. The summed E-state index contributed by atoms with van der Waals surface area (Å²) in [6.07, 6.45) is 7.46. The number of para-hydroxylation sites is 1. The maximum atomic E-state index is 14.1. The number of rotatable bonds is 14. The van der Waals surface area contributed by atoms with Gasteiger partial charge in [-0.3, -0.25) is 43.3 Å². The summed E-state index contributed by atoms with van der Waals surface area (Å²) in [6.45, 7) is 5.61. The van der Waals surface area contributed by atoms with Crippen LogP contribution in [0.2, 0.25) is 0 Å². The first-order chi connectivity index (χ1) is 28.6. The molecule has 1 aliphatic carbocycles. The lowest BCUT2D eigenvalue weighted by molar-refractivity contribution is -0.135. The normalized spacial score (nSPS) is 19.7. The minimum atomic E-state index is -2.88. The van der Waals surface area contributed by atoms with Crippen molar-refractivity contribution in [2.24, 2.45) is 18.9 Å². The number of halogens is 2. The molecule has 0 spiro atoms. The lowest BCUT2D eigenvalue weighted by atomic mass is 9.92. The van der Waals surface area contributed by atoms with Gasteiger partial charge in [-0.1, -0.05) is 12.1 Å². The molecule has 4 aromatic heterocycles. The molecule has 59 heavy (non-hydrogen) atoms. The average Bonchev–Trinajstić information content (AvgIpc) is 3.62. The van der Waals surface area contributed by atoms with Crippen LogP contribution in [0.1, 0.15) is 85.2 Å². The minimum absolute atomic E-state index is 0.0380. The van der Waals surface area contributed by atoms with Crippen LogP contribution in [-0.2, 0) is 23.2 Å². The van der Waals surface area contributed by atoms with Gasteiger partial charge in [-0.2, -0.15) is 5.10 Å². The molecule has 0 bridgehead atoms. The molecule has 7 heterocycles. The molecular weight excluding hydrogens is 765 g/mol. The molecule has 16 nitrogen and oxygen atoms in total. The zero-order valence-corrected chi connectivity index (χ0v) is 32.8. The number of fused-ring (bicyclic) bond motifs is 1. The fraction of sp³-hybridized carbons (Fsp3) is 0.488. The zero-order valence-electron chi connectivity index (χ0n) is 32.8. The molecule has 0 radical (unpaired) electrons. The van der Waals surface area contributed by atoms with Gasteiger partial charge in [0.15, 0.2) is 11.4 Å². The van der Waals surface area contributed by atoms with Crippen LogP contribution in [-0.4, -0.2) is 95.7 Å². The Labute approximate surface area is 337 Å². The van der Waals surface area contributed by atoms with E-state index in [9.17, 15) is 28.0 Å². The number of carbonyl (C=O) groups is 3. The second kappa shape index (κ2) is 16.1. The summed E-state index contributed by atoms with van der Waals surface area (Å²) in [5.74, 6) is 0.699. The Kier molecular flexibility index (Phi) is 10.6. The van der Waals surface area contributed by atoms with Gasteiger partial charge in [0.1, 0.15) is 18.1 Å². The molecule has 1 unspecified atom stereocenters. The molecular formula is C41H47F2N11O5. The summed E-state index contributed by atoms with van der Waals surface area (Å²) >= 11 is 0. The number of carbonyl (C=O) groups excluding carboxylic acids is 3. The predicted molar refractivity (Wildman–Crippen MR) is 213 cm³/mol. The van der Waals surface area contributed by atoms with Gasteiger partial charge in [-0.05, 0) is 93.8 Å². The Morgan fingerprint density at radius 1 is 1.03 bits per heavy atom. The molecule has 3 amide bonds. The van der Waals surface area contributed by atoms with E-state index in [2.05, 4.69) is 40.8 Å². The number of likely N-dealkylation sites (tertiary alicyclic amines) is 2. The maximum Gasteiger partial charge on any atom is 0.329 e. The van der Waals surface area contributed by atoms with Crippen LogP contribution in [0.15, 0.2) is 58.2 Å². The van der Waals surface area contributed by atoms with Crippen molar-refractivity contribution in [3.8, 4) is 11.5 Å². The fourth-order valence-electron chi connectivity index (χ4n) is 8.59. The van der Waals surface area contributed by atoms with Crippen molar-refractivity contribution < 1.29 is 27.6 Å². The van der Waals surface area contributed by atoms with Gasteiger partial charge in [0, 0.05) is 57.6 Å². The smallest absolute Gasteiger partial charge is 0.329 e. The number of nitrogens with zero attached hydrogens (tertiary/aromatic N) is 8. The van der Waals surface area contributed by atoms with Gasteiger partial charge in [-0.25, -0.2) is 23.5 Å². The molecule has 4 fully saturated rings. The van der Waals surface area contributed by atoms with Crippen molar-refractivity contribution in [1.82, 2.24) is 44.0 Å². The number of aryl methyl sites for hydroxylation is 1. The van der Waals surface area contributed by atoms with E-state index in [-0.39, 0.29) is 41.3 Å². The van der Waals surface area contributed by atoms with Crippen LogP contribution < -0.4 is 21.6 Å². The van der Waals surface area contributed by atoms with E-state index in [0.29, 0.717) is 54.8 Å². The zero-order chi connectivity index (χ0) is 40.8. The second-order valence-corrected chi connectivity index (χ2v) is 16.3. The Morgan fingerprint density at radius 2 is 1.85 bits per heavy atom. The van der Waals surface area contributed by atoms with Gasteiger partial charge in [0.05, 0.1) is 22.8 Å². The van der Waals surface area contributed by atoms with E-state index in [1.807, 2.05) is 18.2 Å². The highest BCUT2D eigenvalue weighted by Gasteiger charge is 2.34. The van der Waals surface area contributed by atoms with E-state index in [0.717, 1.165) is 56.5 Å². The summed E-state index contributed by atoms with van der Waals surface area (Å²) in [7, 11) is 1.73. The van der Waals surface area contributed by atoms with Crippen LogP contribution in [0.3, 0.4) is 0 Å². The number of hydrogen-bond acceptors (Lipinski definition) is 11. The Balaban J connectivity index is 0.751. The van der Waals surface area contributed by atoms with Crippen LogP contribution in [0, 0.1) is 11.8 Å². The van der Waals surface area contributed by atoms with Crippen molar-refractivity contribution in [1.29, 1.82) is 0 Å². The number of pyridine rings is 1. The van der Waals surface area contributed by atoms with Gasteiger partial charge >= 0.3 is 5.69 Å². The first-order valence-corrected chi connectivity index (χ1v) is 20.4. The molecule has 1 saturated carbocycles. The number of amides is 3. The molecule has 4 aliphatic rings. The summed E-state index contributed by atoms with van der Waals surface area (Å²) in [4.78, 5) is 64.2. The highest BCUT2D eigenvalue weighted by molar-refractivity contribution is 6.03. The molecule has 18 heteroatoms. The Morgan fingerprint density at radius 3 is 2.61 bits per heavy atom. The van der Waals surface area contributed by atoms with E-state index in [1.165, 1.54) is 34.6 Å².